The van der Waals surface area contributed by atoms with Crippen LogP contribution in [0.5, 0.6) is 5.75 Å². The zero-order valence-corrected chi connectivity index (χ0v) is 15.5. The van der Waals surface area contributed by atoms with Crippen LogP contribution < -0.4 is 4.74 Å². The number of carbonyl (C=O) groups excluding carboxylic acids is 1. The second kappa shape index (κ2) is 4.74. The third kappa shape index (κ3) is 1.60. The van der Waals surface area contributed by atoms with Gasteiger partial charge in [-0.25, -0.2) is 0 Å². The van der Waals surface area contributed by atoms with Gasteiger partial charge >= 0.3 is 0 Å². The Kier molecular flexibility index (Phi) is 3.15. The highest BCUT2D eigenvalue weighted by molar-refractivity contribution is 5.98. The summed E-state index contributed by atoms with van der Waals surface area (Å²) < 4.78 is 5.59. The number of allylic oxidation sites excluding steroid dienone is 2. The third-order valence-corrected chi connectivity index (χ3v) is 7.59. The number of methoxy groups -OCH3 is 1. The molecule has 2 bridgehead atoms. The van der Waals surface area contributed by atoms with Crippen LogP contribution in [0.4, 0.5) is 0 Å². The maximum absolute atomic E-state index is 13.1. The highest BCUT2D eigenvalue weighted by Crippen LogP contribution is 2.73. The summed E-state index contributed by atoms with van der Waals surface area (Å²) >= 11 is 0. The van der Waals surface area contributed by atoms with Crippen molar-refractivity contribution >= 4 is 5.78 Å². The summed E-state index contributed by atoms with van der Waals surface area (Å²) in [6, 6.07) is 4.49. The maximum Gasteiger partial charge on any atom is 0.163 e. The normalized spacial score (nSPS) is 36.0. The van der Waals surface area contributed by atoms with Gasteiger partial charge in [0.05, 0.1) is 13.0 Å². The van der Waals surface area contributed by atoms with Gasteiger partial charge < -0.3 is 4.74 Å². The van der Waals surface area contributed by atoms with E-state index < -0.39 is 0 Å². The number of ketones is 1. The lowest BCUT2D eigenvalue weighted by Gasteiger charge is -2.59. The molecule has 4 rings (SSSR count). The van der Waals surface area contributed by atoms with Gasteiger partial charge in [0.2, 0.25) is 0 Å². The minimum Gasteiger partial charge on any atom is -0.496 e. The first-order valence-corrected chi connectivity index (χ1v) is 9.18. The SMILES string of the molecule is COc1cc2c(cc1C)C13CC=CC(=O)[C@@H]2C1(C)CCCC3(C)C. The summed E-state index contributed by atoms with van der Waals surface area (Å²) in [7, 11) is 1.72. The van der Waals surface area contributed by atoms with Crippen molar-refractivity contribution < 1.29 is 9.53 Å². The van der Waals surface area contributed by atoms with Gasteiger partial charge in [-0.15, -0.1) is 0 Å². The van der Waals surface area contributed by atoms with Crippen molar-refractivity contribution in [2.75, 3.05) is 7.11 Å². The van der Waals surface area contributed by atoms with Gasteiger partial charge in [-0.1, -0.05) is 39.3 Å². The molecule has 0 saturated heterocycles. The molecule has 2 unspecified atom stereocenters. The molecule has 0 spiro atoms. The summed E-state index contributed by atoms with van der Waals surface area (Å²) in [5, 5.41) is 0. The monoisotopic (exact) mass is 324 g/mol. The van der Waals surface area contributed by atoms with E-state index in [0.717, 1.165) is 18.6 Å². The van der Waals surface area contributed by atoms with Crippen molar-refractivity contribution in [3.05, 3.63) is 41.0 Å². The number of fused-ring (bicyclic) bond motifs is 2. The van der Waals surface area contributed by atoms with E-state index in [1.54, 1.807) is 7.11 Å². The third-order valence-electron chi connectivity index (χ3n) is 7.59. The second-order valence-electron chi connectivity index (χ2n) is 8.91. The average molecular weight is 324 g/mol. The number of hydrogen-bond acceptors (Lipinski definition) is 2. The zero-order chi connectivity index (χ0) is 17.3. The van der Waals surface area contributed by atoms with Crippen molar-refractivity contribution in [3.63, 3.8) is 0 Å². The Morgan fingerprint density at radius 2 is 1.92 bits per heavy atom. The Hall–Kier alpha value is -1.57. The molecule has 3 atom stereocenters. The molecule has 2 heteroatoms. The van der Waals surface area contributed by atoms with E-state index in [1.807, 2.05) is 6.08 Å². The Balaban J connectivity index is 2.11. The van der Waals surface area contributed by atoms with Gasteiger partial charge in [0.25, 0.3) is 0 Å². The fourth-order valence-corrected chi connectivity index (χ4v) is 6.57. The van der Waals surface area contributed by atoms with Gasteiger partial charge in [0, 0.05) is 5.41 Å². The molecule has 128 valence electrons. The molecule has 1 aromatic carbocycles. The van der Waals surface area contributed by atoms with Crippen LogP contribution in [0.3, 0.4) is 0 Å². The summed E-state index contributed by atoms with van der Waals surface area (Å²) in [4.78, 5) is 13.1. The number of aryl methyl sites for hydroxylation is 1. The molecule has 2 nitrogen and oxygen atoms in total. The largest absolute Gasteiger partial charge is 0.496 e. The molecule has 1 saturated carbocycles. The lowest BCUT2D eigenvalue weighted by Crippen LogP contribution is -2.55. The average Bonchev–Trinajstić information content (AvgIpc) is 2.63. The quantitative estimate of drug-likeness (QED) is 0.719. The number of carbonyl (C=O) groups is 1. The highest BCUT2D eigenvalue weighted by atomic mass is 16.5. The number of rotatable bonds is 1. The van der Waals surface area contributed by atoms with Gasteiger partial charge in [-0.3, -0.25) is 4.79 Å². The molecule has 0 radical (unpaired) electrons. The smallest absolute Gasteiger partial charge is 0.163 e. The lowest BCUT2D eigenvalue weighted by molar-refractivity contribution is -0.122. The Labute approximate surface area is 145 Å². The predicted molar refractivity (Wildman–Crippen MR) is 96.7 cm³/mol. The fourth-order valence-electron chi connectivity index (χ4n) is 6.57. The molecule has 0 aromatic heterocycles. The Bertz CT molecular complexity index is 757. The van der Waals surface area contributed by atoms with Crippen LogP contribution in [0, 0.1) is 17.8 Å². The molecule has 0 aliphatic heterocycles. The minimum atomic E-state index is -0.0275. The second-order valence-corrected chi connectivity index (χ2v) is 8.91. The van der Waals surface area contributed by atoms with Crippen LogP contribution in [0.25, 0.3) is 0 Å². The number of benzene rings is 1. The van der Waals surface area contributed by atoms with Crippen molar-refractivity contribution in [1.82, 2.24) is 0 Å². The van der Waals surface area contributed by atoms with Crippen molar-refractivity contribution in [2.24, 2.45) is 10.8 Å². The van der Waals surface area contributed by atoms with E-state index in [1.165, 1.54) is 29.5 Å². The van der Waals surface area contributed by atoms with Crippen molar-refractivity contribution in [2.45, 2.75) is 64.7 Å². The molecule has 24 heavy (non-hydrogen) atoms. The summed E-state index contributed by atoms with van der Waals surface area (Å²) in [6.07, 6.45) is 8.53. The van der Waals surface area contributed by atoms with Crippen LogP contribution >= 0.6 is 0 Å². The minimum absolute atomic E-state index is 0.00350. The van der Waals surface area contributed by atoms with E-state index >= 15 is 0 Å². The van der Waals surface area contributed by atoms with Gasteiger partial charge in [-0.05, 0) is 65.8 Å². The van der Waals surface area contributed by atoms with Crippen molar-refractivity contribution in [1.29, 1.82) is 0 Å². The lowest BCUT2D eigenvalue weighted by atomic mass is 9.44. The van der Waals surface area contributed by atoms with E-state index in [0.29, 0.717) is 0 Å². The Morgan fingerprint density at radius 1 is 1.17 bits per heavy atom. The number of hydrogen-bond donors (Lipinski definition) is 0. The van der Waals surface area contributed by atoms with E-state index in [-0.39, 0.29) is 27.9 Å². The first-order valence-electron chi connectivity index (χ1n) is 9.18. The molecule has 3 aliphatic rings. The molecule has 3 aliphatic carbocycles. The topological polar surface area (TPSA) is 26.3 Å². The van der Waals surface area contributed by atoms with Gasteiger partial charge in [0.15, 0.2) is 5.78 Å². The number of ether oxygens (including phenoxy) is 1. The van der Waals surface area contributed by atoms with Gasteiger partial charge in [0.1, 0.15) is 5.75 Å². The molecule has 0 amide bonds. The van der Waals surface area contributed by atoms with Crippen LogP contribution in [0.1, 0.15) is 69.1 Å². The standard InChI is InChI=1S/C22H28O2/c1-14-12-16-15(13-18(14)24-5)19-17(23)8-6-11-22(16)20(2,3)9-7-10-21(19,22)4/h6,8,12-13,19H,7,9-11H2,1-5H3/t19-,21?,22?/m1/s1. The molecular weight excluding hydrogens is 296 g/mol. The fraction of sp³-hybridized carbons (Fsp3) is 0.591. The van der Waals surface area contributed by atoms with Crippen LogP contribution in [0.2, 0.25) is 0 Å². The van der Waals surface area contributed by atoms with E-state index in [9.17, 15) is 4.79 Å². The van der Waals surface area contributed by atoms with Gasteiger partial charge in [-0.2, -0.15) is 0 Å². The Morgan fingerprint density at radius 3 is 2.62 bits per heavy atom. The van der Waals surface area contributed by atoms with Crippen LogP contribution in [-0.4, -0.2) is 12.9 Å². The van der Waals surface area contributed by atoms with E-state index in [4.69, 9.17) is 4.74 Å². The molecule has 0 heterocycles. The zero-order valence-electron chi connectivity index (χ0n) is 15.5. The van der Waals surface area contributed by atoms with Crippen molar-refractivity contribution in [3.8, 4) is 5.75 Å². The molecular formula is C22H28O2. The molecule has 1 fully saturated rings. The summed E-state index contributed by atoms with van der Waals surface area (Å²) in [6.45, 7) is 9.33. The first-order chi connectivity index (χ1) is 11.3. The maximum atomic E-state index is 13.1. The van der Waals surface area contributed by atoms with Crippen LogP contribution in [0.15, 0.2) is 24.3 Å². The summed E-state index contributed by atoms with van der Waals surface area (Å²) in [5.74, 6) is 1.16. The van der Waals surface area contributed by atoms with Crippen LogP contribution in [-0.2, 0) is 10.2 Å². The molecule has 1 aromatic rings. The predicted octanol–water partition coefficient (Wildman–Crippen LogP) is 5.08. The first kappa shape index (κ1) is 15.9. The van der Waals surface area contributed by atoms with E-state index in [2.05, 4.69) is 45.9 Å². The highest BCUT2D eigenvalue weighted by Gasteiger charge is 2.68. The summed E-state index contributed by atoms with van der Waals surface area (Å²) in [5.41, 5.74) is 4.03. The molecule has 0 N–H and O–H groups in total.